The first-order valence-electron chi connectivity index (χ1n) is 5.46. The number of hydrogen-bond acceptors (Lipinski definition) is 5. The molecule has 2 N–H and O–H groups in total. The van der Waals surface area contributed by atoms with Gasteiger partial charge in [-0.1, -0.05) is 12.1 Å². The Labute approximate surface area is 109 Å². The van der Waals surface area contributed by atoms with Crippen LogP contribution in [-0.2, 0) is 0 Å². The molecule has 0 unspecified atom stereocenters. The van der Waals surface area contributed by atoms with Crippen molar-refractivity contribution < 1.29 is 14.6 Å². The van der Waals surface area contributed by atoms with Crippen molar-refractivity contribution in [1.29, 1.82) is 0 Å². The Morgan fingerprint density at radius 3 is 2.68 bits per heavy atom. The van der Waals surface area contributed by atoms with Crippen molar-refractivity contribution in [1.82, 2.24) is 15.0 Å². The molecule has 98 valence electrons. The van der Waals surface area contributed by atoms with Crippen LogP contribution in [-0.4, -0.2) is 33.3 Å². The zero-order chi connectivity index (χ0) is 13.8. The molecule has 7 nitrogen and oxygen atoms in total. The molecular formula is C12H12N4O3. The fourth-order valence-electron chi connectivity index (χ4n) is 1.57. The minimum atomic E-state index is -1.15. The Bertz CT molecular complexity index is 616. The maximum atomic E-state index is 10.8. The molecule has 1 amide bonds. The van der Waals surface area contributed by atoms with Crippen LogP contribution >= 0.6 is 0 Å². The number of ether oxygens (including phenoxy) is 1. The molecule has 0 aliphatic carbocycles. The van der Waals surface area contributed by atoms with Crippen molar-refractivity contribution in [2.24, 2.45) is 0 Å². The van der Waals surface area contributed by atoms with E-state index in [1.807, 2.05) is 0 Å². The standard InChI is InChI=1S/C12H12N4O3/c1-7-13-10(16-11(14-7)19-2)8-5-3-4-6-9(8)15-12(17)18/h3-6,15H,1-2H3,(H,17,18). The average Bonchev–Trinajstić information content (AvgIpc) is 2.38. The number of hydrogen-bond donors (Lipinski definition) is 2. The second-order valence-electron chi connectivity index (χ2n) is 3.67. The van der Waals surface area contributed by atoms with Gasteiger partial charge in [0, 0.05) is 5.56 Å². The lowest BCUT2D eigenvalue weighted by Gasteiger charge is -2.08. The highest BCUT2D eigenvalue weighted by atomic mass is 16.5. The van der Waals surface area contributed by atoms with Gasteiger partial charge in [-0.05, 0) is 19.1 Å². The summed E-state index contributed by atoms with van der Waals surface area (Å²) in [6.45, 7) is 1.71. The first-order valence-corrected chi connectivity index (χ1v) is 5.46. The average molecular weight is 260 g/mol. The minimum Gasteiger partial charge on any atom is -0.467 e. The van der Waals surface area contributed by atoms with Crippen LogP contribution in [0.4, 0.5) is 10.5 Å². The summed E-state index contributed by atoms with van der Waals surface area (Å²) in [6, 6.07) is 7.04. The van der Waals surface area contributed by atoms with Gasteiger partial charge in [0.05, 0.1) is 12.8 Å². The van der Waals surface area contributed by atoms with E-state index in [0.29, 0.717) is 22.9 Å². The maximum Gasteiger partial charge on any atom is 0.409 e. The second kappa shape index (κ2) is 5.30. The molecule has 2 rings (SSSR count). The van der Waals surface area contributed by atoms with Crippen LogP contribution in [0.5, 0.6) is 6.01 Å². The number of amides is 1. The van der Waals surface area contributed by atoms with Gasteiger partial charge in [0.25, 0.3) is 0 Å². The maximum absolute atomic E-state index is 10.8. The van der Waals surface area contributed by atoms with Crippen LogP contribution < -0.4 is 10.1 Å². The van der Waals surface area contributed by atoms with Gasteiger partial charge in [-0.15, -0.1) is 0 Å². The van der Waals surface area contributed by atoms with E-state index < -0.39 is 6.09 Å². The number of benzene rings is 1. The molecule has 0 atom stereocenters. The van der Waals surface area contributed by atoms with Gasteiger partial charge in [-0.3, -0.25) is 5.32 Å². The van der Waals surface area contributed by atoms with Gasteiger partial charge in [0.15, 0.2) is 5.82 Å². The summed E-state index contributed by atoms with van der Waals surface area (Å²) < 4.78 is 4.98. The lowest BCUT2D eigenvalue weighted by molar-refractivity contribution is 0.210. The molecule has 19 heavy (non-hydrogen) atoms. The van der Waals surface area contributed by atoms with Gasteiger partial charge >= 0.3 is 12.1 Å². The Kier molecular flexibility index (Phi) is 3.56. The van der Waals surface area contributed by atoms with Crippen LogP contribution in [0.3, 0.4) is 0 Å². The molecular weight excluding hydrogens is 248 g/mol. The Hall–Kier alpha value is -2.70. The lowest BCUT2D eigenvalue weighted by Crippen LogP contribution is -2.09. The molecule has 1 aromatic heterocycles. The SMILES string of the molecule is COc1nc(C)nc(-c2ccccc2NC(=O)O)n1. The number of aryl methyl sites for hydroxylation is 1. The van der Waals surface area contributed by atoms with E-state index >= 15 is 0 Å². The molecule has 7 heteroatoms. The first kappa shape index (κ1) is 12.7. The summed E-state index contributed by atoms with van der Waals surface area (Å²) in [7, 11) is 1.46. The normalized spacial score (nSPS) is 10.0. The van der Waals surface area contributed by atoms with Crippen molar-refractivity contribution >= 4 is 11.8 Å². The van der Waals surface area contributed by atoms with E-state index in [0.717, 1.165) is 0 Å². The molecule has 0 aliphatic heterocycles. The van der Waals surface area contributed by atoms with Gasteiger partial charge in [0.1, 0.15) is 5.82 Å². The summed E-state index contributed by atoms with van der Waals surface area (Å²) in [5.74, 6) is 0.848. The first-order chi connectivity index (χ1) is 9.10. The smallest absolute Gasteiger partial charge is 0.409 e. The van der Waals surface area contributed by atoms with Crippen molar-refractivity contribution in [3.05, 3.63) is 30.1 Å². The summed E-state index contributed by atoms with van der Waals surface area (Å²) in [4.78, 5) is 23.0. The molecule has 1 aromatic carbocycles. The van der Waals surface area contributed by atoms with E-state index in [2.05, 4.69) is 20.3 Å². The third-order valence-electron chi connectivity index (χ3n) is 2.32. The topological polar surface area (TPSA) is 97.2 Å². The number of nitrogens with zero attached hydrogens (tertiary/aromatic N) is 3. The molecule has 2 aromatic rings. The summed E-state index contributed by atoms with van der Waals surface area (Å²) in [5.41, 5.74) is 0.969. The third kappa shape index (κ3) is 2.95. The fraction of sp³-hybridized carbons (Fsp3) is 0.167. The number of carboxylic acid groups (broad SMARTS) is 1. The van der Waals surface area contributed by atoms with E-state index in [1.165, 1.54) is 7.11 Å². The number of carbonyl (C=O) groups is 1. The van der Waals surface area contributed by atoms with Crippen molar-refractivity contribution in [3.8, 4) is 17.4 Å². The fourth-order valence-corrected chi connectivity index (χ4v) is 1.57. The zero-order valence-electron chi connectivity index (χ0n) is 10.4. The molecule has 0 saturated carbocycles. The summed E-state index contributed by atoms with van der Waals surface area (Å²) in [5, 5.41) is 11.1. The zero-order valence-corrected chi connectivity index (χ0v) is 10.4. The number of para-hydroxylation sites is 1. The number of methoxy groups -OCH3 is 1. The molecule has 0 saturated heterocycles. The third-order valence-corrected chi connectivity index (χ3v) is 2.32. The number of nitrogens with one attached hydrogen (secondary N) is 1. The van der Waals surface area contributed by atoms with Crippen LogP contribution in [0.25, 0.3) is 11.4 Å². The molecule has 0 aliphatic rings. The number of rotatable bonds is 3. The molecule has 1 heterocycles. The second-order valence-corrected chi connectivity index (χ2v) is 3.67. The Morgan fingerprint density at radius 2 is 2.00 bits per heavy atom. The van der Waals surface area contributed by atoms with Gasteiger partial charge in [-0.25, -0.2) is 9.78 Å². The molecule has 0 radical (unpaired) electrons. The molecule has 0 bridgehead atoms. The highest BCUT2D eigenvalue weighted by Crippen LogP contribution is 2.25. The number of aromatic nitrogens is 3. The van der Waals surface area contributed by atoms with E-state index in [4.69, 9.17) is 9.84 Å². The van der Waals surface area contributed by atoms with Crippen LogP contribution in [0.2, 0.25) is 0 Å². The highest BCUT2D eigenvalue weighted by molar-refractivity contribution is 5.89. The quantitative estimate of drug-likeness (QED) is 0.875. The lowest BCUT2D eigenvalue weighted by atomic mass is 10.1. The van der Waals surface area contributed by atoms with Gasteiger partial charge in [0.2, 0.25) is 0 Å². The predicted octanol–water partition coefficient (Wildman–Crippen LogP) is 1.95. The van der Waals surface area contributed by atoms with E-state index in [9.17, 15) is 4.79 Å². The minimum absolute atomic E-state index is 0.188. The van der Waals surface area contributed by atoms with Gasteiger partial charge in [-0.2, -0.15) is 9.97 Å². The predicted molar refractivity (Wildman–Crippen MR) is 68.2 cm³/mol. The Morgan fingerprint density at radius 1 is 1.26 bits per heavy atom. The van der Waals surface area contributed by atoms with E-state index in [-0.39, 0.29) is 6.01 Å². The highest BCUT2D eigenvalue weighted by Gasteiger charge is 2.12. The van der Waals surface area contributed by atoms with Crippen LogP contribution in [0.15, 0.2) is 24.3 Å². The molecule has 0 fully saturated rings. The van der Waals surface area contributed by atoms with Crippen molar-refractivity contribution in [2.75, 3.05) is 12.4 Å². The monoisotopic (exact) mass is 260 g/mol. The molecule has 0 spiro atoms. The van der Waals surface area contributed by atoms with Crippen LogP contribution in [0, 0.1) is 6.92 Å². The van der Waals surface area contributed by atoms with E-state index in [1.54, 1.807) is 31.2 Å². The summed E-state index contributed by atoms with van der Waals surface area (Å²) in [6.07, 6.45) is -1.15. The van der Waals surface area contributed by atoms with Gasteiger partial charge < -0.3 is 9.84 Å². The summed E-state index contributed by atoms with van der Waals surface area (Å²) >= 11 is 0. The van der Waals surface area contributed by atoms with Crippen LogP contribution in [0.1, 0.15) is 5.82 Å². The Balaban J connectivity index is 2.52. The van der Waals surface area contributed by atoms with Crippen molar-refractivity contribution in [3.63, 3.8) is 0 Å². The van der Waals surface area contributed by atoms with Crippen molar-refractivity contribution in [2.45, 2.75) is 6.92 Å². The largest absolute Gasteiger partial charge is 0.467 e. The number of anilines is 1.